The molecule has 0 saturated heterocycles. The molecule has 17 heavy (non-hydrogen) atoms. The first-order valence-electron chi connectivity index (χ1n) is 6.12. The second-order valence-electron chi connectivity index (χ2n) is 4.94. The van der Waals surface area contributed by atoms with Gasteiger partial charge in [0, 0.05) is 0 Å². The van der Waals surface area contributed by atoms with Crippen LogP contribution < -0.4 is 4.74 Å². The quantitative estimate of drug-likeness (QED) is 0.854. The number of methoxy groups -OCH3 is 1. The number of hydrogen-bond acceptors (Lipinski definition) is 2. The molecule has 0 bridgehead atoms. The third kappa shape index (κ3) is 2.97. The first-order valence-corrected chi connectivity index (χ1v) is 6.12. The summed E-state index contributed by atoms with van der Waals surface area (Å²) in [6, 6.07) is 4.87. The lowest BCUT2D eigenvalue weighted by molar-refractivity contribution is 0.105. The van der Waals surface area contributed by atoms with Crippen molar-refractivity contribution in [3.63, 3.8) is 0 Å². The predicted octanol–water partition coefficient (Wildman–Crippen LogP) is 2.78. The van der Waals surface area contributed by atoms with Gasteiger partial charge in [0.2, 0.25) is 0 Å². The van der Waals surface area contributed by atoms with Gasteiger partial charge in [-0.2, -0.15) is 0 Å². The van der Waals surface area contributed by atoms with E-state index in [1.54, 1.807) is 6.07 Å². The van der Waals surface area contributed by atoms with Crippen molar-refractivity contribution < 1.29 is 14.2 Å². The van der Waals surface area contributed by atoms with E-state index >= 15 is 0 Å². The van der Waals surface area contributed by atoms with Gasteiger partial charge in [0.1, 0.15) is 0 Å². The molecular weight excluding hydrogens is 219 g/mol. The van der Waals surface area contributed by atoms with E-state index in [1.165, 1.54) is 26.0 Å². The van der Waals surface area contributed by atoms with E-state index in [9.17, 15) is 9.50 Å². The summed E-state index contributed by atoms with van der Waals surface area (Å²) in [5.41, 5.74) is 0.823. The molecule has 1 aromatic rings. The standard InChI is InChI=1S/C14H19FO2/c1-9(11-4-5-11)13(16)8-10-3-6-14(17-2)12(15)7-10/h3,6-7,9,11,13,16H,4-5,8H2,1-2H3. The van der Waals surface area contributed by atoms with Gasteiger partial charge < -0.3 is 9.84 Å². The molecule has 2 atom stereocenters. The van der Waals surface area contributed by atoms with Crippen LogP contribution in [0.1, 0.15) is 25.3 Å². The van der Waals surface area contributed by atoms with Crippen molar-refractivity contribution in [3.05, 3.63) is 29.6 Å². The Balaban J connectivity index is 2.00. The summed E-state index contributed by atoms with van der Waals surface area (Å²) in [6.07, 6.45) is 2.57. The van der Waals surface area contributed by atoms with Gasteiger partial charge in [0.05, 0.1) is 13.2 Å². The van der Waals surface area contributed by atoms with Crippen LogP contribution >= 0.6 is 0 Å². The number of rotatable bonds is 5. The number of hydrogen-bond donors (Lipinski definition) is 1. The molecule has 3 heteroatoms. The van der Waals surface area contributed by atoms with Crippen LogP contribution in [-0.4, -0.2) is 18.3 Å². The van der Waals surface area contributed by atoms with Gasteiger partial charge in [0.15, 0.2) is 11.6 Å². The largest absolute Gasteiger partial charge is 0.494 e. The van der Waals surface area contributed by atoms with Crippen molar-refractivity contribution in [3.8, 4) is 5.75 Å². The number of halogens is 1. The third-order valence-electron chi connectivity index (χ3n) is 3.63. The van der Waals surface area contributed by atoms with Crippen molar-refractivity contribution in [2.24, 2.45) is 11.8 Å². The molecule has 1 aromatic carbocycles. The van der Waals surface area contributed by atoms with E-state index < -0.39 is 0 Å². The highest BCUT2D eigenvalue weighted by atomic mass is 19.1. The lowest BCUT2D eigenvalue weighted by atomic mass is 9.94. The molecule has 1 N–H and O–H groups in total. The maximum absolute atomic E-state index is 13.5. The molecule has 0 aromatic heterocycles. The zero-order valence-corrected chi connectivity index (χ0v) is 10.3. The zero-order chi connectivity index (χ0) is 12.4. The van der Waals surface area contributed by atoms with Crippen LogP contribution in [0.5, 0.6) is 5.75 Å². The molecule has 0 amide bonds. The molecule has 1 fully saturated rings. The highest BCUT2D eigenvalue weighted by molar-refractivity contribution is 5.29. The van der Waals surface area contributed by atoms with Crippen molar-refractivity contribution in [2.75, 3.05) is 7.11 Å². The van der Waals surface area contributed by atoms with Crippen LogP contribution in [0.15, 0.2) is 18.2 Å². The van der Waals surface area contributed by atoms with Crippen LogP contribution in [-0.2, 0) is 6.42 Å². The number of ether oxygens (including phenoxy) is 1. The minimum atomic E-state index is -0.379. The van der Waals surface area contributed by atoms with Crippen molar-refractivity contribution in [1.82, 2.24) is 0 Å². The van der Waals surface area contributed by atoms with Crippen molar-refractivity contribution in [1.29, 1.82) is 0 Å². The summed E-state index contributed by atoms with van der Waals surface area (Å²) in [7, 11) is 1.45. The van der Waals surface area contributed by atoms with E-state index in [0.717, 1.165) is 5.56 Å². The summed E-state index contributed by atoms with van der Waals surface area (Å²) in [4.78, 5) is 0. The first kappa shape index (κ1) is 12.4. The summed E-state index contributed by atoms with van der Waals surface area (Å²) in [5, 5.41) is 10.0. The molecule has 1 aliphatic rings. The zero-order valence-electron chi connectivity index (χ0n) is 10.3. The Morgan fingerprint density at radius 2 is 2.18 bits per heavy atom. The summed E-state index contributed by atoms with van der Waals surface area (Å²) in [5.74, 6) is 0.850. The highest BCUT2D eigenvalue weighted by Crippen LogP contribution is 2.38. The maximum atomic E-state index is 13.5. The Morgan fingerprint density at radius 3 is 2.71 bits per heavy atom. The average molecular weight is 238 g/mol. The molecule has 0 radical (unpaired) electrons. The summed E-state index contributed by atoms with van der Waals surface area (Å²) >= 11 is 0. The van der Waals surface area contributed by atoms with Gasteiger partial charge in [-0.15, -0.1) is 0 Å². The molecule has 1 saturated carbocycles. The fourth-order valence-electron chi connectivity index (χ4n) is 2.20. The molecule has 2 unspecified atom stereocenters. The van der Waals surface area contributed by atoms with Crippen LogP contribution in [0.25, 0.3) is 0 Å². The van der Waals surface area contributed by atoms with Crippen LogP contribution in [0.2, 0.25) is 0 Å². The Morgan fingerprint density at radius 1 is 1.47 bits per heavy atom. The number of benzene rings is 1. The summed E-state index contributed by atoms with van der Waals surface area (Å²) in [6.45, 7) is 2.07. The van der Waals surface area contributed by atoms with E-state index in [2.05, 4.69) is 6.92 Å². The third-order valence-corrected chi connectivity index (χ3v) is 3.63. The fourth-order valence-corrected chi connectivity index (χ4v) is 2.20. The monoisotopic (exact) mass is 238 g/mol. The molecule has 0 aliphatic heterocycles. The first-order chi connectivity index (χ1) is 8.11. The van der Waals surface area contributed by atoms with E-state index in [-0.39, 0.29) is 17.7 Å². The average Bonchev–Trinajstić information content (AvgIpc) is 3.12. The van der Waals surface area contributed by atoms with Crippen molar-refractivity contribution in [2.45, 2.75) is 32.3 Å². The number of aliphatic hydroxyl groups is 1. The van der Waals surface area contributed by atoms with Gasteiger partial charge in [0.25, 0.3) is 0 Å². The molecule has 1 aliphatic carbocycles. The molecule has 2 nitrogen and oxygen atoms in total. The molecular formula is C14H19FO2. The van der Waals surface area contributed by atoms with E-state index in [0.29, 0.717) is 18.3 Å². The maximum Gasteiger partial charge on any atom is 0.165 e. The lowest BCUT2D eigenvalue weighted by Crippen LogP contribution is -2.22. The van der Waals surface area contributed by atoms with Gasteiger partial charge in [-0.25, -0.2) is 4.39 Å². The molecule has 2 rings (SSSR count). The lowest BCUT2D eigenvalue weighted by Gasteiger charge is -2.18. The molecule has 94 valence electrons. The predicted molar refractivity (Wildman–Crippen MR) is 64.6 cm³/mol. The normalized spacial score (nSPS) is 18.8. The van der Waals surface area contributed by atoms with Gasteiger partial charge in [-0.3, -0.25) is 0 Å². The second-order valence-corrected chi connectivity index (χ2v) is 4.94. The number of aliphatic hydroxyl groups excluding tert-OH is 1. The topological polar surface area (TPSA) is 29.5 Å². The Bertz CT molecular complexity index is 388. The van der Waals surface area contributed by atoms with Crippen molar-refractivity contribution >= 4 is 0 Å². The minimum absolute atomic E-state index is 0.249. The fraction of sp³-hybridized carbons (Fsp3) is 0.571. The SMILES string of the molecule is COc1ccc(CC(O)C(C)C2CC2)cc1F. The van der Waals surface area contributed by atoms with Gasteiger partial charge in [-0.05, 0) is 48.8 Å². The minimum Gasteiger partial charge on any atom is -0.494 e. The Kier molecular flexibility index (Phi) is 3.67. The highest BCUT2D eigenvalue weighted by Gasteiger charge is 2.32. The Labute approximate surface area is 101 Å². The molecule has 0 spiro atoms. The molecule has 0 heterocycles. The second kappa shape index (κ2) is 5.05. The van der Waals surface area contributed by atoms with Gasteiger partial charge in [-0.1, -0.05) is 13.0 Å². The van der Waals surface area contributed by atoms with Crippen LogP contribution in [0, 0.1) is 17.7 Å². The van der Waals surface area contributed by atoms with Crippen LogP contribution in [0.3, 0.4) is 0 Å². The van der Waals surface area contributed by atoms with Gasteiger partial charge >= 0.3 is 0 Å². The Hall–Kier alpha value is -1.09. The van der Waals surface area contributed by atoms with E-state index in [1.807, 2.05) is 6.07 Å². The summed E-state index contributed by atoms with van der Waals surface area (Å²) < 4.78 is 18.3. The van der Waals surface area contributed by atoms with E-state index in [4.69, 9.17) is 4.74 Å². The smallest absolute Gasteiger partial charge is 0.165 e. The van der Waals surface area contributed by atoms with Crippen LogP contribution in [0.4, 0.5) is 4.39 Å².